The molecule has 56 heavy (non-hydrogen) atoms. The lowest BCUT2D eigenvalue weighted by atomic mass is 10.0. The summed E-state index contributed by atoms with van der Waals surface area (Å²) in [4.78, 5) is 25.1. The molecule has 5 nitrogen and oxygen atoms in total. The van der Waals surface area contributed by atoms with Crippen molar-refractivity contribution in [3.05, 3.63) is 0 Å². The van der Waals surface area contributed by atoms with Gasteiger partial charge in [0.25, 0.3) is 0 Å². The zero-order valence-electron chi connectivity index (χ0n) is 38.4. The van der Waals surface area contributed by atoms with Gasteiger partial charge in [0.2, 0.25) is 0 Å². The van der Waals surface area contributed by atoms with Gasteiger partial charge in [-0.25, -0.2) is 0 Å². The molecule has 5 heteroatoms. The van der Waals surface area contributed by atoms with Crippen LogP contribution in [0.5, 0.6) is 0 Å². The summed E-state index contributed by atoms with van der Waals surface area (Å²) in [5.74, 6) is -0.313. The van der Waals surface area contributed by atoms with Crippen LogP contribution in [0.1, 0.15) is 290 Å². The molecule has 0 radical (unpaired) electrons. The van der Waals surface area contributed by atoms with Crippen LogP contribution in [0, 0.1) is 0 Å². The maximum absolute atomic E-state index is 12.6. The molecule has 1 atom stereocenters. The molecule has 0 N–H and O–H groups in total. The Morgan fingerprint density at radius 1 is 0.304 bits per heavy atom. The van der Waals surface area contributed by atoms with E-state index in [9.17, 15) is 9.59 Å². The third kappa shape index (κ3) is 45.6. The first-order valence-electron chi connectivity index (χ1n) is 25.6. The van der Waals surface area contributed by atoms with Crippen molar-refractivity contribution in [3.63, 3.8) is 0 Å². The van der Waals surface area contributed by atoms with Crippen molar-refractivity contribution in [1.82, 2.24) is 0 Å². The SMILES string of the molecule is CCCCCCCCCCCCCCCCCCO[C@@H](COC(=O)CCCCCCCCCCCCC)COC(=O)CCCCCCCCCCCCCCC. The molecule has 0 aromatic carbocycles. The fourth-order valence-corrected chi connectivity index (χ4v) is 7.78. The summed E-state index contributed by atoms with van der Waals surface area (Å²) in [6, 6.07) is 0. The van der Waals surface area contributed by atoms with Gasteiger partial charge >= 0.3 is 11.9 Å². The molecule has 0 rings (SSSR count). The molecule has 0 saturated carbocycles. The van der Waals surface area contributed by atoms with Crippen molar-refractivity contribution >= 4 is 11.9 Å². The summed E-state index contributed by atoms with van der Waals surface area (Å²) in [5.41, 5.74) is 0. The van der Waals surface area contributed by atoms with Gasteiger partial charge in [-0.2, -0.15) is 0 Å². The number of rotatable bonds is 48. The number of hydrogen-bond donors (Lipinski definition) is 0. The molecule has 0 fully saturated rings. The predicted octanol–water partition coefficient (Wildman–Crippen LogP) is 16.9. The van der Waals surface area contributed by atoms with Gasteiger partial charge in [-0.05, 0) is 19.3 Å². The normalized spacial score (nSPS) is 12.0. The molecular formula is C51H100O5. The monoisotopic (exact) mass is 793 g/mol. The molecule has 0 aliphatic rings. The van der Waals surface area contributed by atoms with Crippen LogP contribution in [0.3, 0.4) is 0 Å². The first kappa shape index (κ1) is 54.9. The molecule has 0 unspecified atom stereocenters. The van der Waals surface area contributed by atoms with Gasteiger partial charge in [0.15, 0.2) is 0 Å². The molecule has 0 amide bonds. The predicted molar refractivity (Wildman–Crippen MR) is 243 cm³/mol. The Hall–Kier alpha value is -1.10. The minimum absolute atomic E-state index is 0.156. The van der Waals surface area contributed by atoms with E-state index in [1.165, 1.54) is 218 Å². The Morgan fingerprint density at radius 2 is 0.518 bits per heavy atom. The van der Waals surface area contributed by atoms with E-state index in [1.807, 2.05) is 0 Å². The fraction of sp³-hybridized carbons (Fsp3) is 0.961. The Morgan fingerprint density at radius 3 is 0.768 bits per heavy atom. The number of unbranched alkanes of at least 4 members (excludes halogenated alkanes) is 37. The van der Waals surface area contributed by atoms with Crippen LogP contribution in [-0.2, 0) is 23.8 Å². The lowest BCUT2D eigenvalue weighted by Gasteiger charge is -2.18. The van der Waals surface area contributed by atoms with E-state index in [0.717, 1.165) is 38.5 Å². The van der Waals surface area contributed by atoms with Crippen LogP contribution in [0.4, 0.5) is 0 Å². The van der Waals surface area contributed by atoms with Crippen LogP contribution >= 0.6 is 0 Å². The van der Waals surface area contributed by atoms with Gasteiger partial charge in [-0.3, -0.25) is 9.59 Å². The van der Waals surface area contributed by atoms with Gasteiger partial charge in [0.1, 0.15) is 19.3 Å². The summed E-state index contributed by atoms with van der Waals surface area (Å²) >= 11 is 0. The first-order chi connectivity index (χ1) is 27.6. The third-order valence-electron chi connectivity index (χ3n) is 11.7. The molecular weight excluding hydrogens is 693 g/mol. The van der Waals surface area contributed by atoms with Crippen molar-refractivity contribution < 1.29 is 23.8 Å². The molecule has 0 heterocycles. The van der Waals surface area contributed by atoms with E-state index in [-0.39, 0.29) is 31.3 Å². The molecule has 0 spiro atoms. The lowest BCUT2D eigenvalue weighted by molar-refractivity contribution is -0.155. The molecule has 0 bridgehead atoms. The molecule has 0 aromatic rings. The van der Waals surface area contributed by atoms with Crippen LogP contribution in [-0.4, -0.2) is 37.9 Å². The highest BCUT2D eigenvalue weighted by Gasteiger charge is 2.16. The second kappa shape index (κ2) is 48.3. The van der Waals surface area contributed by atoms with E-state index in [2.05, 4.69) is 20.8 Å². The summed E-state index contributed by atoms with van der Waals surface area (Å²) in [5, 5.41) is 0. The van der Waals surface area contributed by atoms with Gasteiger partial charge in [-0.15, -0.1) is 0 Å². The van der Waals surface area contributed by atoms with Crippen molar-refractivity contribution in [3.8, 4) is 0 Å². The zero-order valence-corrected chi connectivity index (χ0v) is 38.4. The standard InChI is InChI=1S/C51H100O5/c1-4-7-10-13-16-19-22-24-25-26-28-31-34-37-40-43-46-54-49(47-55-50(52)44-41-38-35-32-29-21-18-15-12-9-6-3)48-56-51(53)45-42-39-36-33-30-27-23-20-17-14-11-8-5-2/h49H,4-48H2,1-3H3/t49-/m0/s1. The Kier molecular flexibility index (Phi) is 47.3. The largest absolute Gasteiger partial charge is 0.463 e. The van der Waals surface area contributed by atoms with Crippen LogP contribution in [0.2, 0.25) is 0 Å². The summed E-state index contributed by atoms with van der Waals surface area (Å²) in [6.07, 6.45) is 52.7. The Balaban J connectivity index is 4.17. The Labute approximate surface area is 351 Å². The molecule has 0 saturated heterocycles. The zero-order chi connectivity index (χ0) is 40.7. The average molecular weight is 793 g/mol. The summed E-state index contributed by atoms with van der Waals surface area (Å²) < 4.78 is 17.4. The van der Waals surface area contributed by atoms with E-state index < -0.39 is 0 Å². The third-order valence-corrected chi connectivity index (χ3v) is 11.7. The highest BCUT2D eigenvalue weighted by molar-refractivity contribution is 5.69. The number of carbonyl (C=O) groups excluding carboxylic acids is 2. The second-order valence-corrected chi connectivity index (χ2v) is 17.4. The van der Waals surface area contributed by atoms with E-state index in [0.29, 0.717) is 19.4 Å². The quantitative estimate of drug-likeness (QED) is 0.0454. The summed E-state index contributed by atoms with van der Waals surface area (Å²) in [7, 11) is 0. The second-order valence-electron chi connectivity index (χ2n) is 17.4. The van der Waals surface area contributed by atoms with E-state index in [4.69, 9.17) is 14.2 Å². The van der Waals surface area contributed by atoms with Crippen LogP contribution in [0.15, 0.2) is 0 Å². The number of ether oxygens (including phenoxy) is 3. The number of esters is 2. The van der Waals surface area contributed by atoms with Gasteiger partial charge in [0, 0.05) is 19.4 Å². The maximum atomic E-state index is 12.6. The average Bonchev–Trinajstić information content (AvgIpc) is 3.20. The van der Waals surface area contributed by atoms with E-state index >= 15 is 0 Å². The highest BCUT2D eigenvalue weighted by Crippen LogP contribution is 2.16. The minimum atomic E-state index is -0.386. The van der Waals surface area contributed by atoms with Gasteiger partial charge < -0.3 is 14.2 Å². The lowest BCUT2D eigenvalue weighted by Crippen LogP contribution is -2.29. The van der Waals surface area contributed by atoms with Crippen molar-refractivity contribution in [1.29, 1.82) is 0 Å². The maximum Gasteiger partial charge on any atom is 0.305 e. The summed E-state index contributed by atoms with van der Waals surface area (Å²) in [6.45, 7) is 7.79. The van der Waals surface area contributed by atoms with Gasteiger partial charge in [-0.1, -0.05) is 258 Å². The Bertz CT molecular complexity index is 769. The van der Waals surface area contributed by atoms with E-state index in [1.54, 1.807) is 0 Å². The first-order valence-corrected chi connectivity index (χ1v) is 25.6. The number of hydrogen-bond acceptors (Lipinski definition) is 5. The van der Waals surface area contributed by atoms with Crippen molar-refractivity contribution in [2.45, 2.75) is 297 Å². The number of carbonyl (C=O) groups is 2. The highest BCUT2D eigenvalue weighted by atomic mass is 16.6. The molecule has 334 valence electrons. The smallest absolute Gasteiger partial charge is 0.305 e. The van der Waals surface area contributed by atoms with Crippen molar-refractivity contribution in [2.24, 2.45) is 0 Å². The van der Waals surface area contributed by atoms with Crippen LogP contribution < -0.4 is 0 Å². The molecule has 0 aliphatic heterocycles. The van der Waals surface area contributed by atoms with Gasteiger partial charge in [0.05, 0.1) is 0 Å². The van der Waals surface area contributed by atoms with Crippen LogP contribution in [0.25, 0.3) is 0 Å². The van der Waals surface area contributed by atoms with Crippen molar-refractivity contribution in [2.75, 3.05) is 19.8 Å². The topological polar surface area (TPSA) is 61.8 Å². The fourth-order valence-electron chi connectivity index (χ4n) is 7.78. The molecule has 0 aromatic heterocycles. The molecule has 0 aliphatic carbocycles. The minimum Gasteiger partial charge on any atom is -0.463 e.